The summed E-state index contributed by atoms with van der Waals surface area (Å²) >= 11 is 0. The molecule has 1 amide bonds. The van der Waals surface area contributed by atoms with E-state index in [9.17, 15) is 4.79 Å². The molecule has 1 rings (SSSR count). The summed E-state index contributed by atoms with van der Waals surface area (Å²) in [5.74, 6) is 0.165. The van der Waals surface area contributed by atoms with E-state index in [2.05, 4.69) is 15.3 Å². The molecule has 0 saturated carbocycles. The van der Waals surface area contributed by atoms with Gasteiger partial charge in [-0.25, -0.2) is 4.98 Å². The highest BCUT2D eigenvalue weighted by Gasteiger charge is 2.13. The zero-order valence-electron chi connectivity index (χ0n) is 9.55. The molecule has 0 aromatic carbocycles. The molecule has 0 aliphatic carbocycles. The molecule has 0 fully saturated rings. The minimum absolute atomic E-state index is 0.127. The minimum Gasteiger partial charge on any atom is -0.396 e. The number of hydrogen-bond donors (Lipinski definition) is 2. The van der Waals surface area contributed by atoms with Crippen molar-refractivity contribution < 1.29 is 9.90 Å². The van der Waals surface area contributed by atoms with Crippen molar-refractivity contribution in [3.63, 3.8) is 0 Å². The second-order valence-electron chi connectivity index (χ2n) is 3.94. The third-order valence-electron chi connectivity index (χ3n) is 2.64. The lowest BCUT2D eigenvalue weighted by molar-refractivity contribution is 0.0932. The Bertz CT molecular complexity index is 329. The van der Waals surface area contributed by atoms with E-state index in [0.717, 1.165) is 0 Å². The largest absolute Gasteiger partial charge is 0.396 e. The van der Waals surface area contributed by atoms with Crippen LogP contribution in [0.4, 0.5) is 0 Å². The number of aliphatic hydroxyl groups is 1. The van der Waals surface area contributed by atoms with Gasteiger partial charge in [0.25, 0.3) is 5.91 Å². The van der Waals surface area contributed by atoms with Gasteiger partial charge in [0, 0.05) is 25.5 Å². The minimum atomic E-state index is -0.231. The number of aromatic nitrogens is 2. The van der Waals surface area contributed by atoms with Gasteiger partial charge in [-0.3, -0.25) is 9.78 Å². The Balaban J connectivity index is 2.42. The highest BCUT2D eigenvalue weighted by atomic mass is 16.3. The van der Waals surface area contributed by atoms with Crippen molar-refractivity contribution in [3.05, 3.63) is 24.3 Å². The van der Waals surface area contributed by atoms with E-state index in [1.807, 2.05) is 13.8 Å². The highest BCUT2D eigenvalue weighted by molar-refractivity contribution is 5.91. The SMILES string of the molecule is CC(CO)C(C)CNC(=O)c1cnccn1. The van der Waals surface area contributed by atoms with Crippen LogP contribution in [0.2, 0.25) is 0 Å². The molecule has 0 radical (unpaired) electrons. The van der Waals surface area contributed by atoms with Gasteiger partial charge in [-0.15, -0.1) is 0 Å². The molecule has 0 aliphatic rings. The summed E-state index contributed by atoms with van der Waals surface area (Å²) in [6, 6.07) is 0. The molecule has 0 aliphatic heterocycles. The predicted octanol–water partition coefficient (Wildman–Crippen LogP) is 0.471. The summed E-state index contributed by atoms with van der Waals surface area (Å²) in [5, 5.41) is 11.7. The van der Waals surface area contributed by atoms with Gasteiger partial charge in [0.2, 0.25) is 0 Å². The third-order valence-corrected chi connectivity index (χ3v) is 2.64. The van der Waals surface area contributed by atoms with Crippen LogP contribution in [0.25, 0.3) is 0 Å². The Kier molecular flexibility index (Phi) is 4.85. The smallest absolute Gasteiger partial charge is 0.271 e. The molecular formula is C11H17N3O2. The molecule has 2 unspecified atom stereocenters. The zero-order chi connectivity index (χ0) is 12.0. The van der Waals surface area contributed by atoms with Crippen molar-refractivity contribution in [2.75, 3.05) is 13.2 Å². The second-order valence-corrected chi connectivity index (χ2v) is 3.94. The maximum atomic E-state index is 11.6. The molecule has 2 atom stereocenters. The van der Waals surface area contributed by atoms with E-state index in [4.69, 9.17) is 5.11 Å². The summed E-state index contributed by atoms with van der Waals surface area (Å²) < 4.78 is 0. The zero-order valence-corrected chi connectivity index (χ0v) is 9.55. The predicted molar refractivity (Wildman–Crippen MR) is 59.8 cm³/mol. The number of nitrogens with zero attached hydrogens (tertiary/aromatic N) is 2. The lowest BCUT2D eigenvalue weighted by atomic mass is 9.97. The number of carbonyl (C=O) groups excluding carboxylic acids is 1. The molecule has 1 aromatic heterocycles. The molecule has 16 heavy (non-hydrogen) atoms. The van der Waals surface area contributed by atoms with Crippen LogP contribution >= 0.6 is 0 Å². The quantitative estimate of drug-likeness (QED) is 0.761. The normalized spacial score (nSPS) is 14.2. The Morgan fingerprint density at radius 1 is 1.44 bits per heavy atom. The molecule has 0 saturated heterocycles. The van der Waals surface area contributed by atoms with Crippen LogP contribution in [0.3, 0.4) is 0 Å². The van der Waals surface area contributed by atoms with Crippen LogP contribution in [0.5, 0.6) is 0 Å². The lowest BCUT2D eigenvalue weighted by Gasteiger charge is -2.17. The molecule has 0 bridgehead atoms. The van der Waals surface area contributed by atoms with Gasteiger partial charge in [-0.1, -0.05) is 13.8 Å². The van der Waals surface area contributed by atoms with Gasteiger partial charge in [0.15, 0.2) is 0 Å². The van der Waals surface area contributed by atoms with E-state index in [1.165, 1.54) is 18.6 Å². The van der Waals surface area contributed by atoms with Crippen LogP contribution in [0.1, 0.15) is 24.3 Å². The van der Waals surface area contributed by atoms with Crippen molar-refractivity contribution >= 4 is 5.91 Å². The van der Waals surface area contributed by atoms with Crippen LogP contribution in [-0.4, -0.2) is 34.1 Å². The highest BCUT2D eigenvalue weighted by Crippen LogP contribution is 2.08. The summed E-state index contributed by atoms with van der Waals surface area (Å²) in [6.07, 6.45) is 4.43. The first kappa shape index (κ1) is 12.6. The van der Waals surface area contributed by atoms with Crippen LogP contribution < -0.4 is 5.32 Å². The van der Waals surface area contributed by atoms with Crippen LogP contribution in [0, 0.1) is 11.8 Å². The second kappa shape index (κ2) is 6.17. The fourth-order valence-electron chi connectivity index (χ4n) is 1.14. The maximum Gasteiger partial charge on any atom is 0.271 e. The van der Waals surface area contributed by atoms with Crippen molar-refractivity contribution in [3.8, 4) is 0 Å². The first-order valence-corrected chi connectivity index (χ1v) is 5.30. The molecule has 0 spiro atoms. The molecule has 88 valence electrons. The van der Waals surface area contributed by atoms with Crippen LogP contribution in [0.15, 0.2) is 18.6 Å². The molecule has 5 heteroatoms. The van der Waals surface area contributed by atoms with E-state index in [0.29, 0.717) is 12.2 Å². The van der Waals surface area contributed by atoms with E-state index < -0.39 is 0 Å². The van der Waals surface area contributed by atoms with E-state index in [1.54, 1.807) is 0 Å². The molecular weight excluding hydrogens is 206 g/mol. The number of rotatable bonds is 5. The summed E-state index contributed by atoms with van der Waals surface area (Å²) in [6.45, 7) is 4.58. The topological polar surface area (TPSA) is 75.1 Å². The number of amides is 1. The lowest BCUT2D eigenvalue weighted by Crippen LogP contribution is -2.32. The first-order chi connectivity index (χ1) is 7.65. The molecule has 1 aromatic rings. The third kappa shape index (κ3) is 3.58. The van der Waals surface area contributed by atoms with Gasteiger partial charge < -0.3 is 10.4 Å². The van der Waals surface area contributed by atoms with E-state index >= 15 is 0 Å². The fraction of sp³-hybridized carbons (Fsp3) is 0.545. The number of nitrogens with one attached hydrogen (secondary N) is 1. The summed E-state index contributed by atoms with van der Waals surface area (Å²) in [7, 11) is 0. The summed E-state index contributed by atoms with van der Waals surface area (Å²) in [5.41, 5.74) is 0.311. The Hall–Kier alpha value is -1.49. The average Bonchev–Trinajstić information content (AvgIpc) is 2.35. The van der Waals surface area contributed by atoms with Gasteiger partial charge in [-0.05, 0) is 11.8 Å². The first-order valence-electron chi connectivity index (χ1n) is 5.30. The number of hydrogen-bond acceptors (Lipinski definition) is 4. The Labute approximate surface area is 94.9 Å². The monoisotopic (exact) mass is 223 g/mol. The molecule has 1 heterocycles. The maximum absolute atomic E-state index is 11.6. The van der Waals surface area contributed by atoms with Gasteiger partial charge >= 0.3 is 0 Å². The Morgan fingerprint density at radius 3 is 2.75 bits per heavy atom. The molecule has 2 N–H and O–H groups in total. The number of aliphatic hydroxyl groups excluding tert-OH is 1. The van der Waals surface area contributed by atoms with Crippen molar-refractivity contribution in [1.29, 1.82) is 0 Å². The summed E-state index contributed by atoms with van der Waals surface area (Å²) in [4.78, 5) is 19.3. The van der Waals surface area contributed by atoms with E-state index in [-0.39, 0.29) is 24.3 Å². The number of carbonyl (C=O) groups is 1. The van der Waals surface area contributed by atoms with Gasteiger partial charge in [-0.2, -0.15) is 0 Å². The van der Waals surface area contributed by atoms with Gasteiger partial charge in [0.1, 0.15) is 5.69 Å². The van der Waals surface area contributed by atoms with Crippen molar-refractivity contribution in [2.24, 2.45) is 11.8 Å². The van der Waals surface area contributed by atoms with Crippen LogP contribution in [-0.2, 0) is 0 Å². The molecule has 5 nitrogen and oxygen atoms in total. The van der Waals surface area contributed by atoms with Gasteiger partial charge in [0.05, 0.1) is 6.20 Å². The fourth-order valence-corrected chi connectivity index (χ4v) is 1.14. The Morgan fingerprint density at radius 2 is 2.19 bits per heavy atom. The average molecular weight is 223 g/mol. The standard InChI is InChI=1S/C11H17N3O2/c1-8(9(2)7-15)5-14-11(16)10-6-12-3-4-13-10/h3-4,6,8-9,15H,5,7H2,1-2H3,(H,14,16). The van der Waals surface area contributed by atoms with Crippen molar-refractivity contribution in [2.45, 2.75) is 13.8 Å². The van der Waals surface area contributed by atoms with Crippen molar-refractivity contribution in [1.82, 2.24) is 15.3 Å².